The molecule has 0 aromatic carbocycles. The van der Waals surface area contributed by atoms with Gasteiger partial charge in [-0.05, 0) is 19.4 Å². The Morgan fingerprint density at radius 2 is 2.06 bits per heavy atom. The van der Waals surface area contributed by atoms with Crippen LogP contribution in [0.4, 0.5) is 0 Å². The van der Waals surface area contributed by atoms with Gasteiger partial charge in [0.1, 0.15) is 0 Å². The van der Waals surface area contributed by atoms with Crippen molar-refractivity contribution in [3.05, 3.63) is 0 Å². The Morgan fingerprint density at radius 3 is 2.83 bits per heavy atom. The zero-order chi connectivity index (χ0) is 12.8. The lowest BCUT2D eigenvalue weighted by Gasteiger charge is -2.40. The molecule has 104 valence electrons. The number of hydrogen-bond donors (Lipinski definition) is 2. The third-order valence-electron chi connectivity index (χ3n) is 4.01. The highest BCUT2D eigenvalue weighted by Crippen LogP contribution is 2.21. The first-order valence-corrected chi connectivity index (χ1v) is 7.05. The molecule has 0 spiro atoms. The van der Waals surface area contributed by atoms with Crippen molar-refractivity contribution in [2.45, 2.75) is 37.8 Å². The van der Waals surface area contributed by atoms with Crippen molar-refractivity contribution >= 4 is 5.97 Å². The second kappa shape index (κ2) is 7.07. The smallest absolute Gasteiger partial charge is 0.307 e. The fourth-order valence-corrected chi connectivity index (χ4v) is 3.02. The Balaban J connectivity index is 2.02. The molecule has 2 heterocycles. The zero-order valence-corrected chi connectivity index (χ0v) is 11.3. The van der Waals surface area contributed by atoms with Crippen molar-refractivity contribution in [1.82, 2.24) is 15.5 Å². The van der Waals surface area contributed by atoms with E-state index >= 15 is 0 Å². The number of hydrogen-bond acceptors (Lipinski definition) is 5. The number of nitrogens with one attached hydrogen (secondary N) is 2. The summed E-state index contributed by atoms with van der Waals surface area (Å²) < 4.78 is 4.83. The number of esters is 1. The summed E-state index contributed by atoms with van der Waals surface area (Å²) in [7, 11) is 1.47. The minimum atomic E-state index is -0.0988. The first-order valence-electron chi connectivity index (χ1n) is 7.05. The molecule has 2 fully saturated rings. The van der Waals surface area contributed by atoms with E-state index in [1.54, 1.807) is 0 Å². The summed E-state index contributed by atoms with van der Waals surface area (Å²) in [6, 6.07) is 0.857. The second-order valence-electron chi connectivity index (χ2n) is 5.23. The van der Waals surface area contributed by atoms with Crippen molar-refractivity contribution in [3.63, 3.8) is 0 Å². The molecular formula is C13H25N3O2. The van der Waals surface area contributed by atoms with Crippen LogP contribution in [0.5, 0.6) is 0 Å². The highest BCUT2D eigenvalue weighted by molar-refractivity contribution is 5.69. The third-order valence-corrected chi connectivity index (χ3v) is 4.01. The summed E-state index contributed by atoms with van der Waals surface area (Å²) in [6.07, 6.45) is 4.29. The normalized spacial score (nSPS) is 30.7. The number of methoxy groups -OCH3 is 1. The number of carbonyl (C=O) groups excluding carboxylic acids is 1. The fourth-order valence-electron chi connectivity index (χ4n) is 3.02. The number of piperidine rings is 1. The average Bonchev–Trinajstić information content (AvgIpc) is 2.50. The Morgan fingerprint density at radius 1 is 1.28 bits per heavy atom. The van der Waals surface area contributed by atoms with E-state index < -0.39 is 0 Å². The highest BCUT2D eigenvalue weighted by atomic mass is 16.5. The van der Waals surface area contributed by atoms with Crippen LogP contribution in [0.2, 0.25) is 0 Å². The van der Waals surface area contributed by atoms with Gasteiger partial charge in [-0.2, -0.15) is 0 Å². The molecule has 18 heavy (non-hydrogen) atoms. The van der Waals surface area contributed by atoms with Crippen LogP contribution >= 0.6 is 0 Å². The van der Waals surface area contributed by atoms with Gasteiger partial charge in [-0.1, -0.05) is 6.42 Å². The maximum atomic E-state index is 11.5. The molecule has 2 atom stereocenters. The topological polar surface area (TPSA) is 53.6 Å². The molecule has 2 N–H and O–H groups in total. The van der Waals surface area contributed by atoms with Gasteiger partial charge in [-0.3, -0.25) is 9.69 Å². The summed E-state index contributed by atoms with van der Waals surface area (Å²) in [4.78, 5) is 14.1. The number of rotatable bonds is 2. The van der Waals surface area contributed by atoms with Gasteiger partial charge in [0.25, 0.3) is 0 Å². The quantitative estimate of drug-likeness (QED) is 0.679. The SMILES string of the molecule is COC(=O)CC1CNCCNCC2CCCCN21. The van der Waals surface area contributed by atoms with E-state index in [2.05, 4.69) is 15.5 Å². The summed E-state index contributed by atoms with van der Waals surface area (Å²) >= 11 is 0. The molecule has 5 heteroatoms. The van der Waals surface area contributed by atoms with E-state index in [9.17, 15) is 4.79 Å². The Kier molecular flexibility index (Phi) is 5.41. The Bertz CT molecular complexity index is 273. The maximum absolute atomic E-state index is 11.5. The van der Waals surface area contributed by atoms with Crippen LogP contribution in [0.3, 0.4) is 0 Å². The van der Waals surface area contributed by atoms with E-state index in [4.69, 9.17) is 4.74 Å². The molecule has 2 aliphatic heterocycles. The summed E-state index contributed by atoms with van der Waals surface area (Å²) in [5.74, 6) is -0.0988. The van der Waals surface area contributed by atoms with Gasteiger partial charge in [0.2, 0.25) is 0 Å². The number of ether oxygens (including phenoxy) is 1. The van der Waals surface area contributed by atoms with Crippen molar-refractivity contribution < 1.29 is 9.53 Å². The van der Waals surface area contributed by atoms with Gasteiger partial charge >= 0.3 is 5.97 Å². The van der Waals surface area contributed by atoms with Gasteiger partial charge < -0.3 is 15.4 Å². The molecule has 5 nitrogen and oxygen atoms in total. The molecule has 2 rings (SSSR count). The van der Waals surface area contributed by atoms with Gasteiger partial charge in [0.15, 0.2) is 0 Å². The van der Waals surface area contributed by atoms with E-state index in [1.807, 2.05) is 0 Å². The zero-order valence-electron chi connectivity index (χ0n) is 11.3. The summed E-state index contributed by atoms with van der Waals surface area (Å²) in [5, 5.41) is 6.92. The van der Waals surface area contributed by atoms with Crippen LogP contribution in [-0.4, -0.2) is 62.8 Å². The molecule has 0 saturated carbocycles. The number of carbonyl (C=O) groups is 1. The Labute approximate surface area is 109 Å². The molecule has 0 aliphatic carbocycles. The Hall–Kier alpha value is -0.650. The summed E-state index contributed by atoms with van der Waals surface area (Å²) in [5.41, 5.74) is 0. The van der Waals surface area contributed by atoms with Crippen LogP contribution in [0, 0.1) is 0 Å². The van der Waals surface area contributed by atoms with Crippen LogP contribution in [-0.2, 0) is 9.53 Å². The van der Waals surface area contributed by atoms with Gasteiger partial charge in [0, 0.05) is 38.3 Å². The number of nitrogens with zero attached hydrogens (tertiary/aromatic N) is 1. The second-order valence-corrected chi connectivity index (χ2v) is 5.23. The lowest BCUT2D eigenvalue weighted by Crippen LogP contribution is -2.52. The van der Waals surface area contributed by atoms with Crippen molar-refractivity contribution in [3.8, 4) is 0 Å². The molecule has 0 radical (unpaired) electrons. The average molecular weight is 255 g/mol. The van der Waals surface area contributed by atoms with Crippen LogP contribution in [0.15, 0.2) is 0 Å². The van der Waals surface area contributed by atoms with Crippen LogP contribution in [0.1, 0.15) is 25.7 Å². The lowest BCUT2D eigenvalue weighted by molar-refractivity contribution is -0.142. The first-order chi connectivity index (χ1) is 8.81. The van der Waals surface area contributed by atoms with Gasteiger partial charge in [0.05, 0.1) is 13.5 Å². The van der Waals surface area contributed by atoms with Gasteiger partial charge in [-0.15, -0.1) is 0 Å². The molecule has 0 aromatic heterocycles. The summed E-state index contributed by atoms with van der Waals surface area (Å²) in [6.45, 7) is 5.01. The standard InChI is InChI=1S/C13H25N3O2/c1-18-13(17)8-12-10-15-6-5-14-9-11-4-2-3-7-16(11)12/h11-12,14-15H,2-10H2,1H3. The monoisotopic (exact) mass is 255 g/mol. The molecule has 0 amide bonds. The van der Waals surface area contributed by atoms with Gasteiger partial charge in [-0.25, -0.2) is 0 Å². The lowest BCUT2D eigenvalue weighted by atomic mass is 9.98. The largest absolute Gasteiger partial charge is 0.469 e. The molecule has 2 saturated heterocycles. The maximum Gasteiger partial charge on any atom is 0.307 e. The first kappa shape index (κ1) is 13.8. The molecule has 0 bridgehead atoms. The fraction of sp³-hybridized carbons (Fsp3) is 0.923. The molecular weight excluding hydrogens is 230 g/mol. The van der Waals surface area contributed by atoms with E-state index in [1.165, 1.54) is 26.4 Å². The minimum Gasteiger partial charge on any atom is -0.469 e. The van der Waals surface area contributed by atoms with Crippen LogP contribution < -0.4 is 10.6 Å². The highest BCUT2D eigenvalue weighted by Gasteiger charge is 2.30. The third kappa shape index (κ3) is 3.67. The number of fused-ring (bicyclic) bond motifs is 1. The molecule has 2 aliphatic rings. The van der Waals surface area contributed by atoms with E-state index in [0.717, 1.165) is 32.7 Å². The van der Waals surface area contributed by atoms with E-state index in [-0.39, 0.29) is 12.0 Å². The molecule has 2 unspecified atom stereocenters. The predicted molar refractivity (Wildman–Crippen MR) is 70.5 cm³/mol. The molecule has 0 aromatic rings. The predicted octanol–water partition coefficient (Wildman–Crippen LogP) is -0.0346. The van der Waals surface area contributed by atoms with Crippen molar-refractivity contribution in [2.75, 3.05) is 39.8 Å². The van der Waals surface area contributed by atoms with Crippen molar-refractivity contribution in [2.24, 2.45) is 0 Å². The minimum absolute atomic E-state index is 0.0988. The van der Waals surface area contributed by atoms with Crippen molar-refractivity contribution in [1.29, 1.82) is 0 Å². The van der Waals surface area contributed by atoms with E-state index in [0.29, 0.717) is 12.5 Å². The van der Waals surface area contributed by atoms with Crippen LogP contribution in [0.25, 0.3) is 0 Å².